The Balaban J connectivity index is 1.51. The van der Waals surface area contributed by atoms with Crippen LogP contribution in [0.5, 0.6) is 0 Å². The lowest BCUT2D eigenvalue weighted by molar-refractivity contribution is 0.00882. The van der Waals surface area contributed by atoms with Gasteiger partial charge in [0.05, 0.1) is 6.61 Å². The van der Waals surface area contributed by atoms with Crippen LogP contribution in [0.15, 0.2) is 54.6 Å². The molecule has 0 saturated carbocycles. The second-order valence-electron chi connectivity index (χ2n) is 8.52. The fourth-order valence-electron chi connectivity index (χ4n) is 3.43. The van der Waals surface area contributed by atoms with Crippen molar-refractivity contribution in [3.8, 4) is 0 Å². The van der Waals surface area contributed by atoms with Crippen LogP contribution < -0.4 is 0 Å². The first-order chi connectivity index (χ1) is 14.3. The van der Waals surface area contributed by atoms with Crippen molar-refractivity contribution < 1.29 is 14.3 Å². The Morgan fingerprint density at radius 1 is 0.967 bits per heavy atom. The third kappa shape index (κ3) is 6.73. The van der Waals surface area contributed by atoms with Crippen LogP contribution in [0.4, 0.5) is 4.79 Å². The van der Waals surface area contributed by atoms with Gasteiger partial charge in [0, 0.05) is 37.7 Å². The minimum absolute atomic E-state index is 0.133. The molecule has 162 valence electrons. The smallest absolute Gasteiger partial charge is 0.410 e. The molecule has 2 aromatic rings. The Morgan fingerprint density at radius 2 is 1.57 bits per heavy atom. The van der Waals surface area contributed by atoms with Crippen LogP contribution in [0.25, 0.3) is 0 Å². The molecular formula is C24H31ClN2O3. The molecule has 2 aromatic carbocycles. The Bertz CT molecular complexity index is 797. The number of ether oxygens (including phenoxy) is 2. The van der Waals surface area contributed by atoms with E-state index in [4.69, 9.17) is 21.1 Å². The summed E-state index contributed by atoms with van der Waals surface area (Å²) in [7, 11) is 0. The van der Waals surface area contributed by atoms with Gasteiger partial charge in [-0.05, 0) is 44.0 Å². The van der Waals surface area contributed by atoms with Crippen LogP contribution in [0.1, 0.15) is 38.0 Å². The molecule has 6 heteroatoms. The number of benzene rings is 2. The Kier molecular flexibility index (Phi) is 7.75. The minimum atomic E-state index is -0.462. The van der Waals surface area contributed by atoms with E-state index >= 15 is 0 Å². The lowest BCUT2D eigenvalue weighted by Crippen LogP contribution is -2.50. The second-order valence-corrected chi connectivity index (χ2v) is 8.96. The van der Waals surface area contributed by atoms with Crippen molar-refractivity contribution in [3.05, 3.63) is 70.7 Å². The van der Waals surface area contributed by atoms with Crippen molar-refractivity contribution in [3.63, 3.8) is 0 Å². The van der Waals surface area contributed by atoms with Gasteiger partial charge < -0.3 is 14.4 Å². The number of carbonyl (C=O) groups excluding carboxylic acids is 1. The molecule has 1 saturated heterocycles. The SMILES string of the molecule is CC(C)(C)OC(=O)N1CCN(CCOC(c2ccccc2)c2ccc(Cl)cc2)CC1. The lowest BCUT2D eigenvalue weighted by atomic mass is 10.0. The van der Waals surface area contributed by atoms with Crippen LogP contribution in [-0.4, -0.2) is 60.8 Å². The zero-order valence-electron chi connectivity index (χ0n) is 18.0. The summed E-state index contributed by atoms with van der Waals surface area (Å²) in [5.41, 5.74) is 1.74. The number of nitrogens with zero attached hydrogens (tertiary/aromatic N) is 2. The molecule has 0 aromatic heterocycles. The minimum Gasteiger partial charge on any atom is -0.444 e. The molecule has 1 fully saturated rings. The summed E-state index contributed by atoms with van der Waals surface area (Å²) in [5.74, 6) is 0. The molecule has 1 aliphatic rings. The Hall–Kier alpha value is -2.08. The molecule has 30 heavy (non-hydrogen) atoms. The van der Waals surface area contributed by atoms with Gasteiger partial charge in [0.15, 0.2) is 0 Å². The summed E-state index contributed by atoms with van der Waals surface area (Å²) in [6.07, 6.45) is -0.364. The number of halogens is 1. The van der Waals surface area contributed by atoms with Crippen molar-refractivity contribution in [1.29, 1.82) is 0 Å². The maximum absolute atomic E-state index is 12.2. The molecular weight excluding hydrogens is 400 g/mol. The highest BCUT2D eigenvalue weighted by Gasteiger charge is 2.26. The quantitative estimate of drug-likeness (QED) is 0.646. The molecule has 0 bridgehead atoms. The molecule has 0 spiro atoms. The van der Waals surface area contributed by atoms with Crippen LogP contribution in [0.2, 0.25) is 5.02 Å². The maximum atomic E-state index is 12.2. The van der Waals surface area contributed by atoms with E-state index in [1.54, 1.807) is 4.90 Å². The summed E-state index contributed by atoms with van der Waals surface area (Å²) in [4.78, 5) is 16.3. The number of piperazine rings is 1. The summed E-state index contributed by atoms with van der Waals surface area (Å²) >= 11 is 6.05. The molecule has 1 aliphatic heterocycles. The third-order valence-electron chi connectivity index (χ3n) is 4.99. The van der Waals surface area contributed by atoms with E-state index in [1.165, 1.54) is 0 Å². The number of amides is 1. The molecule has 3 rings (SSSR count). The summed E-state index contributed by atoms with van der Waals surface area (Å²) < 4.78 is 11.8. The van der Waals surface area contributed by atoms with E-state index < -0.39 is 5.60 Å². The van der Waals surface area contributed by atoms with Gasteiger partial charge in [-0.2, -0.15) is 0 Å². The molecule has 0 radical (unpaired) electrons. The normalized spacial score (nSPS) is 16.3. The largest absolute Gasteiger partial charge is 0.444 e. The third-order valence-corrected chi connectivity index (χ3v) is 5.24. The first kappa shape index (κ1) is 22.6. The van der Waals surface area contributed by atoms with E-state index in [2.05, 4.69) is 17.0 Å². The maximum Gasteiger partial charge on any atom is 0.410 e. The zero-order valence-corrected chi connectivity index (χ0v) is 18.8. The van der Waals surface area contributed by atoms with Gasteiger partial charge >= 0.3 is 6.09 Å². The van der Waals surface area contributed by atoms with E-state index in [0.29, 0.717) is 24.7 Å². The fourth-order valence-corrected chi connectivity index (χ4v) is 3.56. The molecule has 5 nitrogen and oxygen atoms in total. The van der Waals surface area contributed by atoms with Gasteiger partial charge in [0.1, 0.15) is 11.7 Å². The monoisotopic (exact) mass is 430 g/mol. The van der Waals surface area contributed by atoms with Crippen LogP contribution >= 0.6 is 11.6 Å². The number of hydrogen-bond donors (Lipinski definition) is 0. The standard InChI is InChI=1S/C24H31ClN2O3/c1-24(2,3)30-23(28)27-15-13-26(14-16-27)17-18-29-22(19-7-5-4-6-8-19)20-9-11-21(25)12-10-20/h4-12,22H,13-18H2,1-3H3. The first-order valence-corrected chi connectivity index (χ1v) is 10.8. The van der Waals surface area contributed by atoms with E-state index in [9.17, 15) is 4.79 Å². The predicted molar refractivity (Wildman–Crippen MR) is 120 cm³/mol. The van der Waals surface area contributed by atoms with Gasteiger partial charge in [0.25, 0.3) is 0 Å². The topological polar surface area (TPSA) is 42.0 Å². The van der Waals surface area contributed by atoms with Crippen molar-refractivity contribution >= 4 is 17.7 Å². The predicted octanol–water partition coefficient (Wildman–Crippen LogP) is 5.00. The highest BCUT2D eigenvalue weighted by Crippen LogP contribution is 2.27. The van der Waals surface area contributed by atoms with Crippen molar-refractivity contribution in [2.45, 2.75) is 32.5 Å². The van der Waals surface area contributed by atoms with Crippen LogP contribution in [0, 0.1) is 0 Å². The van der Waals surface area contributed by atoms with Gasteiger partial charge in [-0.1, -0.05) is 54.1 Å². The summed E-state index contributed by atoms with van der Waals surface area (Å²) in [6.45, 7) is 10.1. The van der Waals surface area contributed by atoms with E-state index in [0.717, 1.165) is 30.8 Å². The number of carbonyl (C=O) groups is 1. The summed E-state index contributed by atoms with van der Waals surface area (Å²) in [6, 6.07) is 18.0. The van der Waals surface area contributed by atoms with Crippen molar-refractivity contribution in [2.24, 2.45) is 0 Å². The highest BCUT2D eigenvalue weighted by molar-refractivity contribution is 6.30. The molecule has 1 atom stereocenters. The number of hydrogen-bond acceptors (Lipinski definition) is 4. The van der Waals surface area contributed by atoms with Crippen LogP contribution in [0.3, 0.4) is 0 Å². The lowest BCUT2D eigenvalue weighted by Gasteiger charge is -2.35. The second kappa shape index (κ2) is 10.3. The average molecular weight is 431 g/mol. The molecule has 0 aliphatic carbocycles. The Labute approximate surface area is 184 Å². The van der Waals surface area contributed by atoms with Crippen LogP contribution in [-0.2, 0) is 9.47 Å². The van der Waals surface area contributed by atoms with Gasteiger partial charge in [-0.3, -0.25) is 4.90 Å². The fraction of sp³-hybridized carbons (Fsp3) is 0.458. The molecule has 1 unspecified atom stereocenters. The molecule has 1 amide bonds. The average Bonchev–Trinajstić information content (AvgIpc) is 2.72. The highest BCUT2D eigenvalue weighted by atomic mass is 35.5. The van der Waals surface area contributed by atoms with E-state index in [-0.39, 0.29) is 12.2 Å². The van der Waals surface area contributed by atoms with Gasteiger partial charge in [0.2, 0.25) is 0 Å². The number of rotatable bonds is 6. The molecule has 0 N–H and O–H groups in total. The Morgan fingerprint density at radius 3 is 2.17 bits per heavy atom. The molecule has 1 heterocycles. The van der Waals surface area contributed by atoms with Crippen molar-refractivity contribution in [1.82, 2.24) is 9.80 Å². The summed E-state index contributed by atoms with van der Waals surface area (Å²) in [5, 5.41) is 0.716. The zero-order chi connectivity index (χ0) is 21.6. The van der Waals surface area contributed by atoms with Gasteiger partial charge in [-0.25, -0.2) is 4.79 Å². The van der Waals surface area contributed by atoms with Crippen molar-refractivity contribution in [2.75, 3.05) is 39.3 Å². The van der Waals surface area contributed by atoms with E-state index in [1.807, 2.05) is 63.2 Å². The first-order valence-electron chi connectivity index (χ1n) is 10.4. The van der Waals surface area contributed by atoms with Gasteiger partial charge in [-0.15, -0.1) is 0 Å².